The minimum Gasteiger partial charge on any atom is -0.506 e. The highest BCUT2D eigenvalue weighted by atomic mass is 16.5. The molecule has 144 valence electrons. The number of aromatic nitrogens is 1. The van der Waals surface area contributed by atoms with Gasteiger partial charge in [-0.2, -0.15) is 0 Å². The molecule has 3 N–H and O–H groups in total. The molecule has 0 aliphatic heterocycles. The number of carbonyl (C=O) groups excluding carboxylic acids is 1. The number of rotatable bonds is 5. The van der Waals surface area contributed by atoms with Gasteiger partial charge in [0.1, 0.15) is 23.6 Å². The van der Waals surface area contributed by atoms with Crippen LogP contribution >= 0.6 is 0 Å². The van der Waals surface area contributed by atoms with Crippen LogP contribution in [0.5, 0.6) is 11.5 Å². The van der Waals surface area contributed by atoms with Gasteiger partial charge in [-0.05, 0) is 23.8 Å². The van der Waals surface area contributed by atoms with Gasteiger partial charge in [0.25, 0.3) is 11.5 Å². The van der Waals surface area contributed by atoms with Crippen LogP contribution in [0.2, 0.25) is 0 Å². The number of fused-ring (bicyclic) bond motifs is 1. The second-order valence-corrected chi connectivity index (χ2v) is 6.10. The van der Waals surface area contributed by atoms with Crippen LogP contribution in [0.4, 0.5) is 0 Å². The Hall–Kier alpha value is -3.81. The van der Waals surface area contributed by atoms with Gasteiger partial charge in [0, 0.05) is 18.0 Å². The molecule has 8 nitrogen and oxygen atoms in total. The second kappa shape index (κ2) is 7.43. The molecule has 1 amide bonds. The summed E-state index contributed by atoms with van der Waals surface area (Å²) < 4.78 is 6.60. The third-order valence-corrected chi connectivity index (χ3v) is 4.41. The lowest BCUT2D eigenvalue weighted by Gasteiger charge is -2.14. The number of nitrogens with zero attached hydrogens (tertiary/aromatic N) is 1. The van der Waals surface area contributed by atoms with Crippen molar-refractivity contribution in [3.05, 3.63) is 58.4 Å². The van der Waals surface area contributed by atoms with Crippen molar-refractivity contribution in [2.75, 3.05) is 13.7 Å². The fourth-order valence-electron chi connectivity index (χ4n) is 3.03. The van der Waals surface area contributed by atoms with E-state index in [4.69, 9.17) is 9.84 Å². The molecule has 8 heteroatoms. The maximum atomic E-state index is 12.5. The molecule has 0 saturated heterocycles. The number of carboxylic acids is 1. The molecule has 0 spiro atoms. The third-order valence-electron chi connectivity index (χ3n) is 4.41. The summed E-state index contributed by atoms with van der Waals surface area (Å²) in [6.45, 7) is -0.666. The molecule has 3 aromatic rings. The van der Waals surface area contributed by atoms with Crippen molar-refractivity contribution in [2.24, 2.45) is 7.05 Å². The van der Waals surface area contributed by atoms with Gasteiger partial charge in [-0.15, -0.1) is 0 Å². The van der Waals surface area contributed by atoms with Crippen LogP contribution in [0.25, 0.3) is 22.0 Å². The van der Waals surface area contributed by atoms with E-state index in [1.807, 2.05) is 18.2 Å². The van der Waals surface area contributed by atoms with Crippen molar-refractivity contribution in [2.45, 2.75) is 0 Å². The van der Waals surface area contributed by atoms with Crippen LogP contribution in [0.15, 0.2) is 47.3 Å². The van der Waals surface area contributed by atoms with E-state index in [0.717, 1.165) is 11.1 Å². The molecule has 1 aromatic heterocycles. The first-order chi connectivity index (χ1) is 13.3. The zero-order valence-electron chi connectivity index (χ0n) is 15.2. The molecule has 0 unspecified atom stereocenters. The second-order valence-electron chi connectivity index (χ2n) is 6.10. The number of ether oxygens (including phenoxy) is 1. The number of para-hydroxylation sites is 1. The minimum absolute atomic E-state index is 0.283. The quantitative estimate of drug-likeness (QED) is 0.619. The molecule has 0 saturated carbocycles. The summed E-state index contributed by atoms with van der Waals surface area (Å²) in [6, 6.07) is 12.4. The minimum atomic E-state index is -1.26. The Morgan fingerprint density at radius 1 is 1.18 bits per heavy atom. The summed E-state index contributed by atoms with van der Waals surface area (Å²) in [5.41, 5.74) is 0.690. The number of hydrogen-bond donors (Lipinski definition) is 3. The van der Waals surface area contributed by atoms with Crippen LogP contribution in [0.1, 0.15) is 10.4 Å². The topological polar surface area (TPSA) is 118 Å². The summed E-state index contributed by atoms with van der Waals surface area (Å²) in [5, 5.41) is 21.7. The Balaban J connectivity index is 2.21. The van der Waals surface area contributed by atoms with Crippen molar-refractivity contribution in [1.82, 2.24) is 9.88 Å². The lowest BCUT2D eigenvalue weighted by Crippen LogP contribution is -2.35. The zero-order valence-corrected chi connectivity index (χ0v) is 15.2. The predicted molar refractivity (Wildman–Crippen MR) is 103 cm³/mol. The number of aromatic hydroxyl groups is 1. The van der Waals surface area contributed by atoms with E-state index in [1.54, 1.807) is 31.4 Å². The molecule has 0 fully saturated rings. The lowest BCUT2D eigenvalue weighted by atomic mass is 10.0. The number of carboxylic acid groups (broad SMARTS) is 1. The maximum Gasteiger partial charge on any atom is 0.322 e. The number of carbonyl (C=O) groups is 2. The van der Waals surface area contributed by atoms with Crippen molar-refractivity contribution >= 4 is 22.8 Å². The summed E-state index contributed by atoms with van der Waals surface area (Å²) in [4.78, 5) is 35.5. The van der Waals surface area contributed by atoms with Crippen molar-refractivity contribution in [3.63, 3.8) is 0 Å². The number of amides is 1. The molecule has 1 heterocycles. The standard InChI is InChI=1S/C20H18N2O6/c1-22-14-8-7-11(12-5-3-4-6-15(12)28-2)9-13(14)18(25)17(20(22)27)19(26)21-10-16(23)24/h3-9,25H,10H2,1-2H3,(H,21,26)(H,23,24). The highest BCUT2D eigenvalue weighted by molar-refractivity contribution is 6.03. The van der Waals surface area contributed by atoms with E-state index in [0.29, 0.717) is 11.3 Å². The summed E-state index contributed by atoms with van der Waals surface area (Å²) >= 11 is 0. The Morgan fingerprint density at radius 2 is 1.89 bits per heavy atom. The summed E-state index contributed by atoms with van der Waals surface area (Å²) in [6.07, 6.45) is 0. The Morgan fingerprint density at radius 3 is 2.57 bits per heavy atom. The largest absolute Gasteiger partial charge is 0.506 e. The average Bonchev–Trinajstić information content (AvgIpc) is 2.70. The summed E-state index contributed by atoms with van der Waals surface area (Å²) in [7, 11) is 3.02. The van der Waals surface area contributed by atoms with E-state index in [-0.39, 0.29) is 5.39 Å². The van der Waals surface area contributed by atoms with Crippen molar-refractivity contribution in [1.29, 1.82) is 0 Å². The van der Waals surface area contributed by atoms with Gasteiger partial charge in [-0.1, -0.05) is 24.3 Å². The third kappa shape index (κ3) is 3.27. The molecule has 28 heavy (non-hydrogen) atoms. The van der Waals surface area contributed by atoms with Gasteiger partial charge in [-0.3, -0.25) is 14.4 Å². The van der Waals surface area contributed by atoms with Gasteiger partial charge >= 0.3 is 5.97 Å². The first kappa shape index (κ1) is 19.0. The first-order valence-electron chi connectivity index (χ1n) is 8.34. The monoisotopic (exact) mass is 382 g/mol. The fourth-order valence-corrected chi connectivity index (χ4v) is 3.03. The van der Waals surface area contributed by atoms with E-state index in [9.17, 15) is 19.5 Å². The van der Waals surface area contributed by atoms with E-state index in [1.165, 1.54) is 11.6 Å². The maximum absolute atomic E-state index is 12.5. The predicted octanol–water partition coefficient (Wildman–Crippen LogP) is 1.73. The number of nitrogens with one attached hydrogen (secondary N) is 1. The van der Waals surface area contributed by atoms with Gasteiger partial charge in [0.2, 0.25) is 0 Å². The fraction of sp³-hybridized carbons (Fsp3) is 0.150. The molecule has 3 rings (SSSR count). The highest BCUT2D eigenvalue weighted by Crippen LogP contribution is 2.34. The van der Waals surface area contributed by atoms with Crippen LogP contribution in [0, 0.1) is 0 Å². The smallest absolute Gasteiger partial charge is 0.322 e. The van der Waals surface area contributed by atoms with E-state index >= 15 is 0 Å². The highest BCUT2D eigenvalue weighted by Gasteiger charge is 2.22. The van der Waals surface area contributed by atoms with Gasteiger partial charge in [0.15, 0.2) is 0 Å². The number of pyridine rings is 1. The first-order valence-corrected chi connectivity index (χ1v) is 8.34. The van der Waals surface area contributed by atoms with Gasteiger partial charge in [-0.25, -0.2) is 0 Å². The van der Waals surface area contributed by atoms with Crippen LogP contribution in [-0.4, -0.2) is 40.3 Å². The Bertz CT molecular complexity index is 1150. The molecule has 0 radical (unpaired) electrons. The average molecular weight is 382 g/mol. The number of aryl methyl sites for hydroxylation is 1. The SMILES string of the molecule is COc1ccccc1-c1ccc2c(c1)c(O)c(C(=O)NCC(=O)O)c(=O)n2C. The molecule has 0 aliphatic carbocycles. The molecule has 0 atom stereocenters. The number of methoxy groups -OCH3 is 1. The van der Waals surface area contributed by atoms with E-state index in [2.05, 4.69) is 5.32 Å². The van der Waals surface area contributed by atoms with Crippen molar-refractivity contribution in [3.8, 4) is 22.6 Å². The Labute approximate surface area is 159 Å². The van der Waals surface area contributed by atoms with Crippen LogP contribution in [0.3, 0.4) is 0 Å². The van der Waals surface area contributed by atoms with Crippen LogP contribution in [-0.2, 0) is 11.8 Å². The molecule has 2 aromatic carbocycles. The molecule has 0 aliphatic rings. The molecule has 0 bridgehead atoms. The zero-order chi connectivity index (χ0) is 20.4. The normalized spacial score (nSPS) is 10.6. The number of benzene rings is 2. The molecular weight excluding hydrogens is 364 g/mol. The lowest BCUT2D eigenvalue weighted by molar-refractivity contribution is -0.135. The van der Waals surface area contributed by atoms with Crippen molar-refractivity contribution < 1.29 is 24.5 Å². The van der Waals surface area contributed by atoms with Gasteiger partial charge in [0.05, 0.1) is 12.6 Å². The summed E-state index contributed by atoms with van der Waals surface area (Å²) in [5.74, 6) is -2.09. The van der Waals surface area contributed by atoms with Gasteiger partial charge < -0.3 is 24.8 Å². The van der Waals surface area contributed by atoms with Crippen LogP contribution < -0.4 is 15.6 Å². The molecular formula is C20H18N2O6. The number of aliphatic carboxylic acids is 1. The number of hydrogen-bond acceptors (Lipinski definition) is 5. The van der Waals surface area contributed by atoms with E-state index < -0.39 is 35.3 Å². The Kier molecular flexibility index (Phi) is 5.04.